The first-order chi connectivity index (χ1) is 7.81. The maximum absolute atomic E-state index is 8.61. The van der Waals surface area contributed by atoms with Gasteiger partial charge in [0.2, 0.25) is 0 Å². The molecule has 2 aromatic rings. The summed E-state index contributed by atoms with van der Waals surface area (Å²) in [6.07, 6.45) is 2.53. The zero-order valence-corrected chi connectivity index (χ0v) is 10.2. The third-order valence-corrected chi connectivity index (χ3v) is 3.59. The molecule has 0 amide bonds. The van der Waals surface area contributed by atoms with Crippen LogP contribution in [0.2, 0.25) is 0 Å². The molecule has 0 aliphatic rings. The lowest BCUT2D eigenvalue weighted by molar-refractivity contribution is 0.971. The van der Waals surface area contributed by atoms with Crippen LogP contribution in [0.5, 0.6) is 0 Å². The fourth-order valence-electron chi connectivity index (χ4n) is 1.03. The molecule has 0 bridgehead atoms. The minimum Gasteiger partial charge on any atom is -0.244 e. The van der Waals surface area contributed by atoms with Gasteiger partial charge in [-0.2, -0.15) is 9.64 Å². The molecule has 2 heterocycles. The number of aromatic nitrogens is 3. The van der Waals surface area contributed by atoms with Crippen molar-refractivity contribution >= 4 is 23.3 Å². The second kappa shape index (κ2) is 5.05. The Morgan fingerprint density at radius 1 is 1.50 bits per heavy atom. The van der Waals surface area contributed by atoms with Gasteiger partial charge in [-0.25, -0.2) is 9.97 Å². The molecule has 0 radical (unpaired) electrons. The Bertz CT molecular complexity index is 512. The largest absolute Gasteiger partial charge is 0.244 e. The molecule has 0 atom stereocenters. The molecular formula is C10H8N4S2. The van der Waals surface area contributed by atoms with Crippen LogP contribution in [0.1, 0.15) is 18.4 Å². The third-order valence-electron chi connectivity index (χ3n) is 1.82. The molecule has 0 N–H and O–H groups in total. The third kappa shape index (κ3) is 2.56. The van der Waals surface area contributed by atoms with E-state index in [0.29, 0.717) is 5.69 Å². The van der Waals surface area contributed by atoms with Crippen molar-refractivity contribution in [2.24, 2.45) is 0 Å². The maximum atomic E-state index is 8.61. The molecule has 0 spiro atoms. The Balaban J connectivity index is 2.11. The van der Waals surface area contributed by atoms with E-state index in [1.807, 2.05) is 19.1 Å². The van der Waals surface area contributed by atoms with Crippen molar-refractivity contribution in [3.8, 4) is 6.07 Å². The summed E-state index contributed by atoms with van der Waals surface area (Å²) in [6, 6.07) is 5.55. The van der Waals surface area contributed by atoms with Crippen LogP contribution >= 0.6 is 23.3 Å². The quantitative estimate of drug-likeness (QED) is 0.835. The minimum atomic E-state index is 0.427. The standard InChI is InChI=1S/C10H8N4S2/c1-2-9-13-10(16-14-9)15-8-4-3-7(5-11)12-6-8/h3-4,6H,2H2,1H3. The van der Waals surface area contributed by atoms with Crippen LogP contribution in [-0.2, 0) is 6.42 Å². The van der Waals surface area contributed by atoms with Crippen LogP contribution in [0.4, 0.5) is 0 Å². The predicted molar refractivity (Wildman–Crippen MR) is 62.4 cm³/mol. The van der Waals surface area contributed by atoms with Gasteiger partial charge in [-0.3, -0.25) is 0 Å². The van der Waals surface area contributed by atoms with E-state index in [-0.39, 0.29) is 0 Å². The fourth-order valence-corrected chi connectivity index (χ4v) is 2.67. The highest BCUT2D eigenvalue weighted by atomic mass is 32.2. The van der Waals surface area contributed by atoms with Gasteiger partial charge in [0.05, 0.1) is 0 Å². The molecule has 0 aromatic carbocycles. The summed E-state index contributed by atoms with van der Waals surface area (Å²) in [4.78, 5) is 9.31. The van der Waals surface area contributed by atoms with Crippen molar-refractivity contribution < 1.29 is 0 Å². The van der Waals surface area contributed by atoms with E-state index in [1.165, 1.54) is 23.3 Å². The van der Waals surface area contributed by atoms with E-state index in [1.54, 1.807) is 12.3 Å². The van der Waals surface area contributed by atoms with Gasteiger partial charge < -0.3 is 0 Å². The number of nitrogens with zero attached hydrogens (tertiary/aromatic N) is 4. The highest BCUT2D eigenvalue weighted by Gasteiger charge is 2.04. The minimum absolute atomic E-state index is 0.427. The van der Waals surface area contributed by atoms with E-state index < -0.39 is 0 Å². The molecule has 6 heteroatoms. The zero-order valence-electron chi connectivity index (χ0n) is 8.54. The van der Waals surface area contributed by atoms with Crippen LogP contribution in [-0.4, -0.2) is 14.3 Å². The van der Waals surface area contributed by atoms with Crippen LogP contribution in [0.3, 0.4) is 0 Å². The van der Waals surface area contributed by atoms with Crippen LogP contribution < -0.4 is 0 Å². The normalized spacial score (nSPS) is 10.0. The number of hydrogen-bond donors (Lipinski definition) is 0. The summed E-state index contributed by atoms with van der Waals surface area (Å²) < 4.78 is 5.11. The average molecular weight is 248 g/mol. The van der Waals surface area contributed by atoms with Crippen molar-refractivity contribution in [3.63, 3.8) is 0 Å². The summed E-state index contributed by atoms with van der Waals surface area (Å²) in [5.74, 6) is 0.870. The van der Waals surface area contributed by atoms with Crippen molar-refractivity contribution in [1.82, 2.24) is 14.3 Å². The smallest absolute Gasteiger partial charge is 0.174 e. The van der Waals surface area contributed by atoms with Gasteiger partial charge in [-0.1, -0.05) is 18.7 Å². The molecule has 0 saturated heterocycles. The Kier molecular flexibility index (Phi) is 3.49. The van der Waals surface area contributed by atoms with Crippen LogP contribution in [0.15, 0.2) is 27.6 Å². The van der Waals surface area contributed by atoms with E-state index in [4.69, 9.17) is 5.26 Å². The van der Waals surface area contributed by atoms with Gasteiger partial charge in [-0.15, -0.1) is 0 Å². The SMILES string of the molecule is CCc1nsc(Sc2ccc(C#N)nc2)n1. The molecule has 2 aromatic heterocycles. The Morgan fingerprint density at radius 3 is 2.94 bits per heavy atom. The fraction of sp³-hybridized carbons (Fsp3) is 0.200. The highest BCUT2D eigenvalue weighted by molar-refractivity contribution is 8.01. The zero-order chi connectivity index (χ0) is 11.4. The molecule has 0 aliphatic carbocycles. The number of hydrogen-bond acceptors (Lipinski definition) is 6. The summed E-state index contributed by atoms with van der Waals surface area (Å²) >= 11 is 2.90. The second-order valence-corrected chi connectivity index (χ2v) is 5.00. The van der Waals surface area contributed by atoms with Gasteiger partial charge in [0.15, 0.2) is 4.34 Å². The molecular weight excluding hydrogens is 240 g/mol. The van der Waals surface area contributed by atoms with Gasteiger partial charge in [0.1, 0.15) is 17.6 Å². The predicted octanol–water partition coefficient (Wildman–Crippen LogP) is 2.52. The monoisotopic (exact) mass is 248 g/mol. The average Bonchev–Trinajstić information content (AvgIpc) is 2.78. The molecule has 0 fully saturated rings. The van der Waals surface area contributed by atoms with Crippen molar-refractivity contribution in [2.75, 3.05) is 0 Å². The number of nitriles is 1. The maximum Gasteiger partial charge on any atom is 0.174 e. The highest BCUT2D eigenvalue weighted by Crippen LogP contribution is 2.28. The first-order valence-corrected chi connectivity index (χ1v) is 6.27. The first-order valence-electron chi connectivity index (χ1n) is 4.68. The molecule has 0 aliphatic heterocycles. The lowest BCUT2D eigenvalue weighted by atomic mass is 10.4. The molecule has 2 rings (SSSR count). The Hall–Kier alpha value is -1.45. The van der Waals surface area contributed by atoms with E-state index in [9.17, 15) is 0 Å². The van der Waals surface area contributed by atoms with E-state index in [0.717, 1.165) is 21.5 Å². The number of pyridine rings is 1. The van der Waals surface area contributed by atoms with Gasteiger partial charge in [0.25, 0.3) is 0 Å². The first kappa shape index (κ1) is 11.0. The summed E-state index contributed by atoms with van der Waals surface area (Å²) in [5.41, 5.74) is 0.427. The number of rotatable bonds is 3. The van der Waals surface area contributed by atoms with Gasteiger partial charge in [0, 0.05) is 17.5 Å². The topological polar surface area (TPSA) is 62.5 Å². The van der Waals surface area contributed by atoms with E-state index >= 15 is 0 Å². The summed E-state index contributed by atoms with van der Waals surface area (Å²) in [5, 5.41) is 8.61. The van der Waals surface area contributed by atoms with Gasteiger partial charge in [-0.05, 0) is 23.7 Å². The lowest BCUT2D eigenvalue weighted by Gasteiger charge is -1.95. The molecule has 16 heavy (non-hydrogen) atoms. The molecule has 4 nitrogen and oxygen atoms in total. The molecule has 0 unspecified atom stereocenters. The van der Waals surface area contributed by atoms with Crippen molar-refractivity contribution in [3.05, 3.63) is 29.8 Å². The van der Waals surface area contributed by atoms with E-state index in [2.05, 4.69) is 14.3 Å². The van der Waals surface area contributed by atoms with Crippen molar-refractivity contribution in [1.29, 1.82) is 5.26 Å². The lowest BCUT2D eigenvalue weighted by Crippen LogP contribution is -1.83. The summed E-state index contributed by atoms with van der Waals surface area (Å²) in [6.45, 7) is 2.03. The second-order valence-electron chi connectivity index (χ2n) is 2.92. The molecule has 0 saturated carbocycles. The Labute approximate surface area is 102 Å². The summed E-state index contributed by atoms with van der Waals surface area (Å²) in [7, 11) is 0. The van der Waals surface area contributed by atoms with Crippen LogP contribution in [0, 0.1) is 11.3 Å². The molecule has 80 valence electrons. The van der Waals surface area contributed by atoms with Crippen LogP contribution in [0.25, 0.3) is 0 Å². The number of aryl methyl sites for hydroxylation is 1. The van der Waals surface area contributed by atoms with Crippen molar-refractivity contribution in [2.45, 2.75) is 22.6 Å². The Morgan fingerprint density at radius 2 is 2.38 bits per heavy atom. The van der Waals surface area contributed by atoms with Gasteiger partial charge >= 0.3 is 0 Å².